The van der Waals surface area contributed by atoms with Crippen LogP contribution in [0, 0.1) is 11.8 Å². The number of nitrogens with zero attached hydrogens (tertiary/aromatic N) is 3. The third-order valence-corrected chi connectivity index (χ3v) is 7.34. The van der Waals surface area contributed by atoms with Crippen LogP contribution in [0.3, 0.4) is 0 Å². The Balaban J connectivity index is 1.64. The Kier molecular flexibility index (Phi) is 8.82. The number of aliphatic hydroxyl groups is 1. The number of hydrogen-bond donors (Lipinski definition) is 1. The predicted octanol–water partition coefficient (Wildman–Crippen LogP) is 3.34. The van der Waals surface area contributed by atoms with Crippen LogP contribution in [-0.4, -0.2) is 91.6 Å². The fourth-order valence-corrected chi connectivity index (χ4v) is 5.10. The van der Waals surface area contributed by atoms with Crippen LogP contribution in [0.5, 0.6) is 11.6 Å². The number of fused-ring (bicyclic) bond motifs is 1. The summed E-state index contributed by atoms with van der Waals surface area (Å²) < 4.78 is 17.5. The van der Waals surface area contributed by atoms with Crippen LogP contribution < -0.4 is 9.47 Å². The smallest absolute Gasteiger partial charge is 0.259 e. The lowest BCUT2D eigenvalue weighted by molar-refractivity contribution is 0.0254. The van der Waals surface area contributed by atoms with Crippen molar-refractivity contribution in [3.05, 3.63) is 42.1 Å². The first-order valence-corrected chi connectivity index (χ1v) is 12.9. The molecule has 1 N–H and O–H groups in total. The number of rotatable bonds is 8. The first-order valence-electron chi connectivity index (χ1n) is 12.9. The van der Waals surface area contributed by atoms with Gasteiger partial charge >= 0.3 is 0 Å². The monoisotopic (exact) mass is 497 g/mol. The zero-order chi connectivity index (χ0) is 25.7. The molecule has 3 atom stereocenters. The van der Waals surface area contributed by atoms with Gasteiger partial charge in [-0.05, 0) is 44.9 Å². The average Bonchev–Trinajstić information content (AvgIpc) is 2.90. The fraction of sp³-hybridized carbons (Fsp3) is 0.571. The van der Waals surface area contributed by atoms with Gasteiger partial charge in [0.15, 0.2) is 0 Å². The normalized spacial score (nSPS) is 21.9. The first kappa shape index (κ1) is 26.4. The Morgan fingerprint density at radius 2 is 1.97 bits per heavy atom. The highest BCUT2D eigenvalue weighted by Crippen LogP contribution is 2.34. The molecule has 3 heterocycles. The van der Waals surface area contributed by atoms with E-state index in [-0.39, 0.29) is 30.6 Å². The van der Waals surface area contributed by atoms with E-state index in [0.29, 0.717) is 29.7 Å². The molecule has 196 valence electrons. The van der Waals surface area contributed by atoms with Crippen molar-refractivity contribution in [3.63, 3.8) is 0 Å². The molecule has 1 aromatic heterocycles. The van der Waals surface area contributed by atoms with Gasteiger partial charge in [-0.2, -0.15) is 0 Å². The van der Waals surface area contributed by atoms with Gasteiger partial charge in [0.05, 0.1) is 19.8 Å². The molecule has 0 aliphatic carbocycles. The molecule has 36 heavy (non-hydrogen) atoms. The van der Waals surface area contributed by atoms with Crippen molar-refractivity contribution in [2.24, 2.45) is 11.8 Å². The Morgan fingerprint density at radius 3 is 2.69 bits per heavy atom. The Bertz CT molecular complexity index is 1030. The second kappa shape index (κ2) is 12.0. The van der Waals surface area contributed by atoms with E-state index < -0.39 is 0 Å². The minimum atomic E-state index is -0.318. The van der Waals surface area contributed by atoms with Crippen LogP contribution >= 0.6 is 0 Å². The standard InChI is InChI=1S/C28H39N3O5/c1-19-15-31(20(2)18-32)28(33)24-13-22(23-7-5-6-8-25(23)34-4)14-29-27(24)36-26(19)17-30(3)16-21-9-11-35-12-10-21/h5-8,13-14,19-21,26,32H,9-12,15-18H2,1-4H3/t19-,20+,26-/m0/s1. The summed E-state index contributed by atoms with van der Waals surface area (Å²) in [6.45, 7) is 7.73. The van der Waals surface area contributed by atoms with E-state index in [9.17, 15) is 9.90 Å². The molecule has 1 amide bonds. The van der Waals surface area contributed by atoms with Crippen molar-refractivity contribution < 1.29 is 24.1 Å². The first-order chi connectivity index (χ1) is 17.4. The summed E-state index contributed by atoms with van der Waals surface area (Å²) in [5.74, 6) is 1.54. The number of likely N-dealkylation sites (N-methyl/N-ethyl adjacent to an activating group) is 1. The lowest BCUT2D eigenvalue weighted by Gasteiger charge is -2.38. The molecule has 0 radical (unpaired) electrons. The Morgan fingerprint density at radius 1 is 1.22 bits per heavy atom. The van der Waals surface area contributed by atoms with Gasteiger partial charge < -0.3 is 29.1 Å². The predicted molar refractivity (Wildman–Crippen MR) is 138 cm³/mol. The minimum absolute atomic E-state index is 0.0592. The zero-order valence-electron chi connectivity index (χ0n) is 21.9. The lowest BCUT2D eigenvalue weighted by atomic mass is 9.97. The molecular weight excluding hydrogens is 458 g/mol. The lowest BCUT2D eigenvalue weighted by Crippen LogP contribution is -2.50. The summed E-state index contributed by atoms with van der Waals surface area (Å²) in [7, 11) is 3.75. The van der Waals surface area contributed by atoms with Crippen LogP contribution in [0.15, 0.2) is 36.5 Å². The maximum absolute atomic E-state index is 13.7. The number of pyridine rings is 1. The van der Waals surface area contributed by atoms with Gasteiger partial charge in [0, 0.05) is 56.1 Å². The summed E-state index contributed by atoms with van der Waals surface area (Å²) in [5, 5.41) is 9.92. The molecule has 8 heteroatoms. The molecule has 1 saturated heterocycles. The number of aliphatic hydroxyl groups excluding tert-OH is 1. The van der Waals surface area contributed by atoms with Crippen LogP contribution in [0.2, 0.25) is 0 Å². The third kappa shape index (κ3) is 5.99. The van der Waals surface area contributed by atoms with Gasteiger partial charge in [-0.3, -0.25) is 4.79 Å². The Hall–Kier alpha value is -2.68. The van der Waals surface area contributed by atoms with Crippen molar-refractivity contribution in [2.75, 3.05) is 53.6 Å². The molecule has 2 aromatic rings. The topological polar surface area (TPSA) is 84.4 Å². The van der Waals surface area contributed by atoms with Crippen molar-refractivity contribution in [1.29, 1.82) is 0 Å². The van der Waals surface area contributed by atoms with Crippen molar-refractivity contribution in [1.82, 2.24) is 14.8 Å². The number of hydrogen-bond acceptors (Lipinski definition) is 7. The SMILES string of the molecule is COc1ccccc1-c1cnc2c(c1)C(=O)N([C@H](C)CO)C[C@H](C)[C@H](CN(C)CC1CCOCC1)O2. The maximum atomic E-state index is 13.7. The van der Waals surface area contributed by atoms with Crippen LogP contribution in [0.25, 0.3) is 11.1 Å². The van der Waals surface area contributed by atoms with Gasteiger partial charge in [-0.25, -0.2) is 4.98 Å². The summed E-state index contributed by atoms with van der Waals surface area (Å²) in [5.41, 5.74) is 2.04. The molecule has 1 aromatic carbocycles. The van der Waals surface area contributed by atoms with Crippen LogP contribution in [-0.2, 0) is 4.74 Å². The summed E-state index contributed by atoms with van der Waals surface area (Å²) in [6, 6.07) is 9.18. The highest BCUT2D eigenvalue weighted by atomic mass is 16.5. The molecule has 0 spiro atoms. The third-order valence-electron chi connectivity index (χ3n) is 7.34. The fourth-order valence-electron chi connectivity index (χ4n) is 5.10. The highest BCUT2D eigenvalue weighted by molar-refractivity contribution is 5.98. The van der Waals surface area contributed by atoms with E-state index in [1.165, 1.54) is 0 Å². The van der Waals surface area contributed by atoms with Gasteiger partial charge in [0.1, 0.15) is 17.4 Å². The van der Waals surface area contributed by atoms with E-state index in [1.54, 1.807) is 18.2 Å². The van der Waals surface area contributed by atoms with E-state index >= 15 is 0 Å². The van der Waals surface area contributed by atoms with Crippen LogP contribution in [0.4, 0.5) is 0 Å². The minimum Gasteiger partial charge on any atom is -0.496 e. The number of aromatic nitrogens is 1. The molecule has 2 aliphatic rings. The number of para-hydroxylation sites is 1. The average molecular weight is 498 g/mol. The van der Waals surface area contributed by atoms with E-state index in [4.69, 9.17) is 14.2 Å². The number of methoxy groups -OCH3 is 1. The highest BCUT2D eigenvalue weighted by Gasteiger charge is 2.34. The molecule has 0 bridgehead atoms. The molecule has 0 unspecified atom stereocenters. The van der Waals surface area contributed by atoms with Gasteiger partial charge in [0.2, 0.25) is 5.88 Å². The molecule has 1 fully saturated rings. The van der Waals surface area contributed by atoms with E-state index in [2.05, 4.69) is 23.9 Å². The molecule has 2 aliphatic heterocycles. The summed E-state index contributed by atoms with van der Waals surface area (Å²) >= 11 is 0. The number of carbonyl (C=O) groups is 1. The van der Waals surface area contributed by atoms with Gasteiger partial charge in [0.25, 0.3) is 5.91 Å². The summed E-state index contributed by atoms with van der Waals surface area (Å²) in [6.07, 6.45) is 3.74. The number of ether oxygens (including phenoxy) is 3. The molecule has 0 saturated carbocycles. The second-order valence-electron chi connectivity index (χ2n) is 10.2. The number of amides is 1. The molecule has 8 nitrogen and oxygen atoms in total. The quantitative estimate of drug-likeness (QED) is 0.599. The van der Waals surface area contributed by atoms with Crippen LogP contribution in [0.1, 0.15) is 37.0 Å². The van der Waals surface area contributed by atoms with E-state index in [1.807, 2.05) is 37.3 Å². The second-order valence-corrected chi connectivity index (χ2v) is 10.2. The van der Waals surface area contributed by atoms with Crippen molar-refractivity contribution in [3.8, 4) is 22.8 Å². The molecular formula is C28H39N3O5. The number of carbonyl (C=O) groups excluding carboxylic acids is 1. The Labute approximate surface area is 214 Å². The summed E-state index contributed by atoms with van der Waals surface area (Å²) in [4.78, 5) is 22.4. The van der Waals surface area contributed by atoms with E-state index in [0.717, 1.165) is 50.3 Å². The van der Waals surface area contributed by atoms with Crippen molar-refractivity contribution >= 4 is 5.91 Å². The van der Waals surface area contributed by atoms with Crippen molar-refractivity contribution in [2.45, 2.75) is 38.8 Å². The largest absolute Gasteiger partial charge is 0.496 e. The number of benzene rings is 1. The van der Waals surface area contributed by atoms with Gasteiger partial charge in [-0.1, -0.05) is 25.1 Å². The maximum Gasteiger partial charge on any atom is 0.259 e. The molecule has 4 rings (SSSR count). The zero-order valence-corrected chi connectivity index (χ0v) is 21.9. The van der Waals surface area contributed by atoms with Gasteiger partial charge in [-0.15, -0.1) is 0 Å².